The number of nitrogens with zero attached hydrogens (tertiary/aromatic N) is 3. The van der Waals surface area contributed by atoms with Crippen LogP contribution in [0.3, 0.4) is 0 Å². The lowest BCUT2D eigenvalue weighted by Gasteiger charge is -2.32. The predicted molar refractivity (Wildman–Crippen MR) is 149 cm³/mol. The zero-order valence-corrected chi connectivity index (χ0v) is 24.4. The van der Waals surface area contributed by atoms with Crippen LogP contribution >= 0.6 is 0 Å². The summed E-state index contributed by atoms with van der Waals surface area (Å²) >= 11 is 0. The van der Waals surface area contributed by atoms with E-state index < -0.39 is 0 Å². The van der Waals surface area contributed by atoms with Crippen LogP contribution < -0.4 is 0 Å². The largest absolute Gasteiger partial charge is 0.304 e. The smallest absolute Gasteiger partial charge is 0.00125 e. The molecule has 3 fully saturated rings. The van der Waals surface area contributed by atoms with Crippen LogP contribution in [0, 0.1) is 35.5 Å². The Bertz CT molecular complexity index is 453. The highest BCUT2D eigenvalue weighted by atomic mass is 15.1. The minimum Gasteiger partial charge on any atom is -0.304 e. The molecule has 0 amide bonds. The lowest BCUT2D eigenvalue weighted by molar-refractivity contribution is 0.164. The monoisotopic (exact) mass is 466 g/mol. The van der Waals surface area contributed by atoms with Gasteiger partial charge in [-0.3, -0.25) is 0 Å². The van der Waals surface area contributed by atoms with Gasteiger partial charge in [0, 0.05) is 6.54 Å². The van der Waals surface area contributed by atoms with Crippen LogP contribution in [-0.4, -0.2) is 73.6 Å². The second kappa shape index (κ2) is 17.3. The summed E-state index contributed by atoms with van der Waals surface area (Å²) in [5, 5.41) is 0. The number of hydrogen-bond donors (Lipinski definition) is 0. The molecule has 3 heterocycles. The van der Waals surface area contributed by atoms with E-state index in [0.717, 1.165) is 35.5 Å². The zero-order chi connectivity index (χ0) is 24.8. The summed E-state index contributed by atoms with van der Waals surface area (Å²) in [6.45, 7) is 32.6. The van der Waals surface area contributed by atoms with E-state index >= 15 is 0 Å². The zero-order valence-electron chi connectivity index (χ0n) is 24.4. The molecule has 2 atom stereocenters. The van der Waals surface area contributed by atoms with Crippen molar-refractivity contribution in [1.82, 2.24) is 14.7 Å². The quantitative estimate of drug-likeness (QED) is 0.413. The Labute approximate surface area is 210 Å². The van der Waals surface area contributed by atoms with E-state index in [1.165, 1.54) is 97.4 Å². The number of piperidine rings is 1. The molecule has 0 aromatic rings. The average molecular weight is 466 g/mol. The Morgan fingerprint density at radius 1 is 0.485 bits per heavy atom. The molecular formula is C30H63N3. The molecule has 3 rings (SSSR count). The second-order valence-electron chi connectivity index (χ2n) is 12.1. The first-order valence-corrected chi connectivity index (χ1v) is 14.9. The van der Waals surface area contributed by atoms with E-state index in [1.807, 2.05) is 0 Å². The maximum Gasteiger partial charge on any atom is 0.00125 e. The minimum atomic E-state index is 0.886. The van der Waals surface area contributed by atoms with Crippen LogP contribution in [0.15, 0.2) is 0 Å². The van der Waals surface area contributed by atoms with Crippen molar-refractivity contribution >= 4 is 0 Å². The summed E-state index contributed by atoms with van der Waals surface area (Å²) in [6.07, 6.45) is 8.55. The van der Waals surface area contributed by atoms with Gasteiger partial charge in [-0.05, 0) is 126 Å². The molecule has 198 valence electrons. The fraction of sp³-hybridized carbons (Fsp3) is 1.00. The van der Waals surface area contributed by atoms with Gasteiger partial charge in [0.15, 0.2) is 0 Å². The first kappa shape index (κ1) is 30.9. The fourth-order valence-corrected chi connectivity index (χ4v) is 5.79. The van der Waals surface area contributed by atoms with E-state index in [1.54, 1.807) is 0 Å². The molecule has 0 saturated carbocycles. The molecule has 0 bridgehead atoms. The summed E-state index contributed by atoms with van der Waals surface area (Å²) in [5.41, 5.74) is 0. The molecule has 0 N–H and O–H groups in total. The van der Waals surface area contributed by atoms with Crippen molar-refractivity contribution in [2.45, 2.75) is 101 Å². The van der Waals surface area contributed by atoms with Crippen LogP contribution in [0.2, 0.25) is 0 Å². The number of rotatable bonds is 6. The van der Waals surface area contributed by atoms with Crippen molar-refractivity contribution in [3.05, 3.63) is 0 Å². The van der Waals surface area contributed by atoms with Gasteiger partial charge in [-0.15, -0.1) is 0 Å². The van der Waals surface area contributed by atoms with Crippen LogP contribution in [0.5, 0.6) is 0 Å². The molecule has 2 unspecified atom stereocenters. The van der Waals surface area contributed by atoms with Gasteiger partial charge in [0.2, 0.25) is 0 Å². The van der Waals surface area contributed by atoms with Gasteiger partial charge >= 0.3 is 0 Å². The molecule has 3 saturated heterocycles. The van der Waals surface area contributed by atoms with E-state index in [0.29, 0.717) is 0 Å². The van der Waals surface area contributed by atoms with Crippen LogP contribution in [-0.2, 0) is 0 Å². The van der Waals surface area contributed by atoms with E-state index in [2.05, 4.69) is 77.0 Å². The van der Waals surface area contributed by atoms with Crippen molar-refractivity contribution in [2.24, 2.45) is 35.5 Å². The molecule has 3 aliphatic heterocycles. The Morgan fingerprint density at radius 2 is 0.848 bits per heavy atom. The van der Waals surface area contributed by atoms with Crippen LogP contribution in [0.25, 0.3) is 0 Å². The van der Waals surface area contributed by atoms with Crippen molar-refractivity contribution < 1.29 is 0 Å². The molecule has 3 nitrogen and oxygen atoms in total. The first-order chi connectivity index (χ1) is 15.7. The highest BCUT2D eigenvalue weighted by Crippen LogP contribution is 2.25. The summed E-state index contributed by atoms with van der Waals surface area (Å²) in [4.78, 5) is 7.69. The molecule has 0 aromatic heterocycles. The van der Waals surface area contributed by atoms with Crippen LogP contribution in [0.1, 0.15) is 101 Å². The summed E-state index contributed by atoms with van der Waals surface area (Å²) in [6, 6.07) is 0. The average Bonchev–Trinajstić information content (AvgIpc) is 3.17. The molecule has 33 heavy (non-hydrogen) atoms. The summed E-state index contributed by atoms with van der Waals surface area (Å²) in [5.74, 6) is 5.63. The van der Waals surface area contributed by atoms with Crippen LogP contribution in [0.4, 0.5) is 0 Å². The highest BCUT2D eigenvalue weighted by Gasteiger charge is 2.23. The van der Waals surface area contributed by atoms with E-state index in [9.17, 15) is 0 Å². The van der Waals surface area contributed by atoms with Gasteiger partial charge < -0.3 is 14.7 Å². The Kier molecular flexibility index (Phi) is 16.2. The third-order valence-electron chi connectivity index (χ3n) is 8.98. The maximum atomic E-state index is 2.59. The third kappa shape index (κ3) is 12.4. The molecule has 0 aliphatic carbocycles. The van der Waals surface area contributed by atoms with Crippen molar-refractivity contribution in [3.63, 3.8) is 0 Å². The number of likely N-dealkylation sites (tertiary alicyclic amines) is 3. The van der Waals surface area contributed by atoms with E-state index in [-0.39, 0.29) is 0 Å². The minimum absolute atomic E-state index is 0.886. The Balaban J connectivity index is 0.000000249. The highest BCUT2D eigenvalue weighted by molar-refractivity contribution is 4.76. The third-order valence-corrected chi connectivity index (χ3v) is 8.98. The molecule has 3 aliphatic rings. The maximum absolute atomic E-state index is 2.59. The number of hydrogen-bond acceptors (Lipinski definition) is 3. The van der Waals surface area contributed by atoms with Crippen molar-refractivity contribution in [3.8, 4) is 0 Å². The van der Waals surface area contributed by atoms with Gasteiger partial charge in [0.25, 0.3) is 0 Å². The predicted octanol–water partition coefficient (Wildman–Crippen LogP) is 7.12. The molecular weight excluding hydrogens is 402 g/mol. The normalized spacial score (nSPS) is 26.2. The Hall–Kier alpha value is -0.120. The van der Waals surface area contributed by atoms with Gasteiger partial charge in [0.1, 0.15) is 0 Å². The molecule has 0 aromatic carbocycles. The molecule has 0 radical (unpaired) electrons. The van der Waals surface area contributed by atoms with Crippen molar-refractivity contribution in [1.29, 1.82) is 0 Å². The molecule has 0 spiro atoms. The van der Waals surface area contributed by atoms with Crippen molar-refractivity contribution in [2.75, 3.05) is 58.9 Å². The lowest BCUT2D eigenvalue weighted by atomic mass is 9.87. The Morgan fingerprint density at radius 3 is 1.21 bits per heavy atom. The topological polar surface area (TPSA) is 9.72 Å². The first-order valence-electron chi connectivity index (χ1n) is 14.9. The summed E-state index contributed by atoms with van der Waals surface area (Å²) in [7, 11) is 0. The standard InChI is InChI=1S/C11H23N.C10H21N.C9H19N/c1-4-12-8-5-6-11(7-9-12)10(2)3;1-4-11-7-5-10(6-8-11)9(2)3;1-4-10-6-5-9(7-10)8(2)3/h10-11H,4-9H2,1-3H3;9-10H,4-8H2,1-3H3;8-9H,4-7H2,1-3H3. The molecule has 3 heteroatoms. The lowest BCUT2D eigenvalue weighted by Crippen LogP contribution is -2.34. The van der Waals surface area contributed by atoms with E-state index in [4.69, 9.17) is 0 Å². The van der Waals surface area contributed by atoms with Gasteiger partial charge in [-0.25, -0.2) is 0 Å². The van der Waals surface area contributed by atoms with Gasteiger partial charge in [0.05, 0.1) is 0 Å². The van der Waals surface area contributed by atoms with Gasteiger partial charge in [-0.2, -0.15) is 0 Å². The second-order valence-corrected chi connectivity index (χ2v) is 12.1. The fourth-order valence-electron chi connectivity index (χ4n) is 5.79. The van der Waals surface area contributed by atoms with Gasteiger partial charge in [-0.1, -0.05) is 62.3 Å². The SMILES string of the molecule is CCN1CCC(C(C)C)C1.CCN1CCC(C(C)C)CC1.CCN1CCCC(C(C)C)CC1. The summed E-state index contributed by atoms with van der Waals surface area (Å²) < 4.78 is 0.